The van der Waals surface area contributed by atoms with Crippen LogP contribution in [0.25, 0.3) is 0 Å². The maximum atomic E-state index is 12.4. The van der Waals surface area contributed by atoms with Crippen molar-refractivity contribution in [1.29, 1.82) is 0 Å². The van der Waals surface area contributed by atoms with Crippen molar-refractivity contribution in [2.45, 2.75) is 51.6 Å². The zero-order valence-electron chi connectivity index (χ0n) is 14.7. The summed E-state index contributed by atoms with van der Waals surface area (Å²) in [6.45, 7) is 5.35. The Morgan fingerprint density at radius 1 is 1.21 bits per heavy atom. The molecule has 1 aliphatic heterocycles. The first-order chi connectivity index (χ1) is 11.7. The first kappa shape index (κ1) is 17.3. The van der Waals surface area contributed by atoms with Crippen molar-refractivity contribution in [1.82, 2.24) is 4.90 Å². The van der Waals surface area contributed by atoms with Crippen molar-refractivity contribution in [3.63, 3.8) is 0 Å². The Kier molecular flexibility index (Phi) is 6.13. The minimum Gasteiger partial charge on any atom is -0.494 e. The number of aryl methyl sites for hydroxylation is 1. The summed E-state index contributed by atoms with van der Waals surface area (Å²) in [6.07, 6.45) is 6.25. The SMILES string of the molecule is CCCOc1ccc(CCC(=O)N2CCC(OCC3CC3)C2)cc1. The third-order valence-corrected chi connectivity index (χ3v) is 4.79. The number of hydrogen-bond acceptors (Lipinski definition) is 3. The molecule has 2 aliphatic rings. The molecule has 0 radical (unpaired) electrons. The Bertz CT molecular complexity index is 524. The van der Waals surface area contributed by atoms with E-state index in [0.717, 1.165) is 57.2 Å². The van der Waals surface area contributed by atoms with Crippen LogP contribution in [0.1, 0.15) is 44.6 Å². The molecule has 0 N–H and O–H groups in total. The maximum Gasteiger partial charge on any atom is 0.222 e. The van der Waals surface area contributed by atoms with Crippen LogP contribution in [0, 0.1) is 5.92 Å². The molecular formula is C20H29NO3. The van der Waals surface area contributed by atoms with E-state index in [1.54, 1.807) is 0 Å². The highest BCUT2D eigenvalue weighted by atomic mass is 16.5. The topological polar surface area (TPSA) is 38.8 Å². The maximum absolute atomic E-state index is 12.4. The molecule has 1 atom stereocenters. The van der Waals surface area contributed by atoms with Gasteiger partial charge in [-0.25, -0.2) is 0 Å². The molecule has 0 spiro atoms. The molecule has 1 saturated carbocycles. The fraction of sp³-hybridized carbons (Fsp3) is 0.650. The quantitative estimate of drug-likeness (QED) is 0.696. The van der Waals surface area contributed by atoms with Gasteiger partial charge in [0.05, 0.1) is 12.7 Å². The Labute approximate surface area is 145 Å². The number of rotatable bonds is 9. The number of amides is 1. The number of benzene rings is 1. The van der Waals surface area contributed by atoms with Gasteiger partial charge >= 0.3 is 0 Å². The van der Waals surface area contributed by atoms with Crippen LogP contribution in [0.2, 0.25) is 0 Å². The van der Waals surface area contributed by atoms with Gasteiger partial charge in [-0.3, -0.25) is 4.79 Å². The first-order valence-corrected chi connectivity index (χ1v) is 9.35. The fourth-order valence-electron chi connectivity index (χ4n) is 3.03. The standard InChI is InChI=1S/C20H29NO3/c1-2-13-23-18-8-5-16(6-9-18)7-10-20(22)21-12-11-19(14-21)24-15-17-3-4-17/h5-6,8-9,17,19H,2-4,7,10-15H2,1H3. The lowest BCUT2D eigenvalue weighted by Crippen LogP contribution is -2.30. The lowest BCUT2D eigenvalue weighted by molar-refractivity contribution is -0.130. The number of carbonyl (C=O) groups is 1. The lowest BCUT2D eigenvalue weighted by atomic mass is 10.1. The number of nitrogens with zero attached hydrogens (tertiary/aromatic N) is 1. The Morgan fingerprint density at radius 2 is 2.00 bits per heavy atom. The van der Waals surface area contributed by atoms with Crippen LogP contribution in [0.3, 0.4) is 0 Å². The Morgan fingerprint density at radius 3 is 2.71 bits per heavy atom. The van der Waals surface area contributed by atoms with Crippen LogP contribution in [0.4, 0.5) is 0 Å². The van der Waals surface area contributed by atoms with Gasteiger partial charge in [0.25, 0.3) is 0 Å². The van der Waals surface area contributed by atoms with Gasteiger partial charge in [-0.15, -0.1) is 0 Å². The van der Waals surface area contributed by atoms with E-state index < -0.39 is 0 Å². The molecule has 3 rings (SSSR count). The second-order valence-corrected chi connectivity index (χ2v) is 7.02. The van der Waals surface area contributed by atoms with E-state index in [4.69, 9.17) is 9.47 Å². The average Bonchev–Trinajstić information content (AvgIpc) is 3.32. The fourth-order valence-corrected chi connectivity index (χ4v) is 3.03. The monoisotopic (exact) mass is 331 g/mol. The molecule has 4 heteroatoms. The second-order valence-electron chi connectivity index (χ2n) is 7.02. The molecule has 0 bridgehead atoms. The predicted molar refractivity (Wildman–Crippen MR) is 94.2 cm³/mol. The molecule has 132 valence electrons. The van der Waals surface area contributed by atoms with Gasteiger partial charge in [-0.2, -0.15) is 0 Å². The van der Waals surface area contributed by atoms with Crippen molar-refractivity contribution >= 4 is 5.91 Å². The van der Waals surface area contributed by atoms with E-state index in [2.05, 4.69) is 19.1 Å². The summed E-state index contributed by atoms with van der Waals surface area (Å²) in [4.78, 5) is 14.3. The van der Waals surface area contributed by atoms with E-state index in [-0.39, 0.29) is 12.0 Å². The van der Waals surface area contributed by atoms with Gasteiger partial charge in [-0.05, 0) is 55.7 Å². The summed E-state index contributed by atoms with van der Waals surface area (Å²) in [7, 11) is 0. The van der Waals surface area contributed by atoms with Crippen LogP contribution in [-0.4, -0.2) is 43.2 Å². The predicted octanol–water partition coefficient (Wildman–Crippen LogP) is 3.44. The molecule has 1 aromatic rings. The zero-order valence-corrected chi connectivity index (χ0v) is 14.7. The van der Waals surface area contributed by atoms with E-state index >= 15 is 0 Å². The summed E-state index contributed by atoms with van der Waals surface area (Å²) in [6, 6.07) is 8.10. The smallest absolute Gasteiger partial charge is 0.222 e. The summed E-state index contributed by atoms with van der Waals surface area (Å²) in [5, 5.41) is 0. The molecule has 1 saturated heterocycles. The third kappa shape index (κ3) is 5.23. The minimum absolute atomic E-state index is 0.249. The van der Waals surface area contributed by atoms with Crippen molar-refractivity contribution in [3.8, 4) is 5.75 Å². The summed E-state index contributed by atoms with van der Waals surface area (Å²) < 4.78 is 11.5. The van der Waals surface area contributed by atoms with Gasteiger partial charge in [0, 0.05) is 26.1 Å². The largest absolute Gasteiger partial charge is 0.494 e. The van der Waals surface area contributed by atoms with Crippen molar-refractivity contribution in [2.24, 2.45) is 5.92 Å². The van der Waals surface area contributed by atoms with Crippen LogP contribution in [0.15, 0.2) is 24.3 Å². The number of carbonyl (C=O) groups excluding carboxylic acids is 1. The van der Waals surface area contributed by atoms with Gasteiger partial charge in [0.1, 0.15) is 5.75 Å². The molecule has 4 nitrogen and oxygen atoms in total. The zero-order chi connectivity index (χ0) is 16.8. The molecule has 1 heterocycles. The molecule has 1 amide bonds. The number of ether oxygens (including phenoxy) is 2. The lowest BCUT2D eigenvalue weighted by Gasteiger charge is -2.17. The number of likely N-dealkylation sites (tertiary alicyclic amines) is 1. The number of hydrogen-bond donors (Lipinski definition) is 0. The van der Waals surface area contributed by atoms with E-state index in [1.807, 2.05) is 17.0 Å². The highest BCUT2D eigenvalue weighted by Crippen LogP contribution is 2.30. The van der Waals surface area contributed by atoms with Crippen LogP contribution in [0.5, 0.6) is 5.75 Å². The van der Waals surface area contributed by atoms with E-state index in [0.29, 0.717) is 6.42 Å². The Balaban J connectivity index is 1.37. The van der Waals surface area contributed by atoms with Gasteiger partial charge in [0.2, 0.25) is 5.91 Å². The third-order valence-electron chi connectivity index (χ3n) is 4.79. The van der Waals surface area contributed by atoms with E-state index in [9.17, 15) is 4.79 Å². The van der Waals surface area contributed by atoms with Crippen molar-refractivity contribution < 1.29 is 14.3 Å². The van der Waals surface area contributed by atoms with Gasteiger partial charge < -0.3 is 14.4 Å². The van der Waals surface area contributed by atoms with Crippen molar-refractivity contribution in [2.75, 3.05) is 26.3 Å². The molecular weight excluding hydrogens is 302 g/mol. The normalized spacial score (nSPS) is 20.4. The summed E-state index contributed by atoms with van der Waals surface area (Å²) in [5.74, 6) is 1.94. The van der Waals surface area contributed by atoms with Crippen LogP contribution < -0.4 is 4.74 Å². The second kappa shape index (κ2) is 8.52. The molecule has 1 unspecified atom stereocenters. The van der Waals surface area contributed by atoms with Crippen LogP contribution in [-0.2, 0) is 16.0 Å². The highest BCUT2D eigenvalue weighted by Gasteiger charge is 2.29. The van der Waals surface area contributed by atoms with Gasteiger partial charge in [0.15, 0.2) is 0 Å². The highest BCUT2D eigenvalue weighted by molar-refractivity contribution is 5.76. The average molecular weight is 331 g/mol. The summed E-state index contributed by atoms with van der Waals surface area (Å²) >= 11 is 0. The molecule has 1 aliphatic carbocycles. The minimum atomic E-state index is 0.249. The van der Waals surface area contributed by atoms with Gasteiger partial charge in [-0.1, -0.05) is 19.1 Å². The molecule has 2 fully saturated rings. The van der Waals surface area contributed by atoms with E-state index in [1.165, 1.54) is 18.4 Å². The summed E-state index contributed by atoms with van der Waals surface area (Å²) in [5.41, 5.74) is 1.19. The Hall–Kier alpha value is -1.55. The molecule has 0 aromatic heterocycles. The van der Waals surface area contributed by atoms with Crippen molar-refractivity contribution in [3.05, 3.63) is 29.8 Å². The molecule has 24 heavy (non-hydrogen) atoms. The molecule has 1 aromatic carbocycles. The first-order valence-electron chi connectivity index (χ1n) is 9.35. The van der Waals surface area contributed by atoms with Crippen LogP contribution >= 0.6 is 0 Å².